The second-order valence-electron chi connectivity index (χ2n) is 7.27. The van der Waals surface area contributed by atoms with Gasteiger partial charge in [-0.3, -0.25) is 0 Å². The van der Waals surface area contributed by atoms with Crippen LogP contribution in [0.4, 0.5) is 0 Å². The summed E-state index contributed by atoms with van der Waals surface area (Å²) >= 11 is 0. The highest BCUT2D eigenvalue weighted by atomic mass is 16.5. The van der Waals surface area contributed by atoms with Crippen molar-refractivity contribution in [3.05, 3.63) is 84.6 Å². The van der Waals surface area contributed by atoms with Gasteiger partial charge < -0.3 is 18.7 Å². The van der Waals surface area contributed by atoms with E-state index in [0.717, 1.165) is 22.0 Å². The van der Waals surface area contributed by atoms with Crippen LogP contribution in [0.25, 0.3) is 33.5 Å². The Labute approximate surface area is 190 Å². The van der Waals surface area contributed by atoms with E-state index in [1.54, 1.807) is 20.3 Å². The van der Waals surface area contributed by atoms with E-state index in [1.165, 1.54) is 0 Å². The van der Waals surface area contributed by atoms with Gasteiger partial charge in [-0.05, 0) is 24.3 Å². The number of methoxy groups -OCH3 is 2. The Balaban J connectivity index is 1.43. The predicted molar refractivity (Wildman–Crippen MR) is 124 cm³/mol. The number of para-hydroxylation sites is 1. The third-order valence-electron chi connectivity index (χ3n) is 5.19. The average Bonchev–Trinajstić information content (AvgIpc) is 3.36. The van der Waals surface area contributed by atoms with Crippen molar-refractivity contribution >= 4 is 10.9 Å². The van der Waals surface area contributed by atoms with Crippen molar-refractivity contribution < 1.29 is 18.7 Å². The van der Waals surface area contributed by atoms with Gasteiger partial charge in [-0.25, -0.2) is 4.98 Å². The minimum absolute atomic E-state index is 0.167. The summed E-state index contributed by atoms with van der Waals surface area (Å²) < 4.78 is 22.3. The molecule has 5 aromatic rings. The fourth-order valence-electron chi connectivity index (χ4n) is 3.53. The number of hydrogen-bond acceptors (Lipinski definition) is 7. The van der Waals surface area contributed by atoms with E-state index in [4.69, 9.17) is 18.7 Å². The number of fused-ring (bicyclic) bond motifs is 1. The van der Waals surface area contributed by atoms with Crippen LogP contribution in [0.15, 0.2) is 83.4 Å². The van der Waals surface area contributed by atoms with Gasteiger partial charge in [0.1, 0.15) is 17.2 Å². The van der Waals surface area contributed by atoms with Crippen LogP contribution in [-0.2, 0) is 6.61 Å². The lowest BCUT2D eigenvalue weighted by Crippen LogP contribution is -2.00. The van der Waals surface area contributed by atoms with Gasteiger partial charge in [-0.15, -0.1) is 0 Å². The van der Waals surface area contributed by atoms with Gasteiger partial charge in [0.05, 0.1) is 25.1 Å². The van der Waals surface area contributed by atoms with E-state index < -0.39 is 0 Å². The molecular weight excluding hydrogens is 418 g/mol. The van der Waals surface area contributed by atoms with Crippen LogP contribution in [0.3, 0.4) is 0 Å². The van der Waals surface area contributed by atoms with Crippen molar-refractivity contribution in [2.75, 3.05) is 14.2 Å². The third-order valence-corrected chi connectivity index (χ3v) is 5.19. The Kier molecular flexibility index (Phi) is 5.59. The summed E-state index contributed by atoms with van der Waals surface area (Å²) in [6.07, 6.45) is 0. The van der Waals surface area contributed by atoms with Crippen molar-refractivity contribution in [3.63, 3.8) is 0 Å². The summed E-state index contributed by atoms with van der Waals surface area (Å²) in [5, 5.41) is 5.01. The van der Waals surface area contributed by atoms with E-state index in [1.807, 2.05) is 72.8 Å². The van der Waals surface area contributed by atoms with Crippen LogP contribution >= 0.6 is 0 Å². The Bertz CT molecular complexity index is 1400. The molecule has 0 aliphatic rings. The molecule has 0 unspecified atom stereocenters. The number of hydrogen-bond donors (Lipinski definition) is 0. The first-order valence-electron chi connectivity index (χ1n) is 10.4. The van der Waals surface area contributed by atoms with Gasteiger partial charge in [0.2, 0.25) is 5.88 Å². The highest BCUT2D eigenvalue weighted by Crippen LogP contribution is 2.33. The summed E-state index contributed by atoms with van der Waals surface area (Å²) in [5.41, 5.74) is 3.17. The van der Waals surface area contributed by atoms with Crippen molar-refractivity contribution in [1.82, 2.24) is 15.1 Å². The minimum Gasteiger partial charge on any atom is -0.497 e. The van der Waals surface area contributed by atoms with Crippen molar-refractivity contribution in [1.29, 1.82) is 0 Å². The minimum atomic E-state index is 0.167. The number of nitrogens with zero attached hydrogens (tertiary/aromatic N) is 3. The zero-order valence-electron chi connectivity index (χ0n) is 18.2. The maximum atomic E-state index is 6.07. The molecule has 164 valence electrons. The smallest absolute Gasteiger partial charge is 0.225 e. The first-order chi connectivity index (χ1) is 16.2. The van der Waals surface area contributed by atoms with Gasteiger partial charge in [-0.2, -0.15) is 4.98 Å². The van der Waals surface area contributed by atoms with Crippen LogP contribution in [0, 0.1) is 0 Å². The fourth-order valence-corrected chi connectivity index (χ4v) is 3.53. The van der Waals surface area contributed by atoms with Crippen LogP contribution in [-0.4, -0.2) is 29.3 Å². The molecular formula is C26H21N3O4. The van der Waals surface area contributed by atoms with Gasteiger partial charge in [-0.1, -0.05) is 47.6 Å². The summed E-state index contributed by atoms with van der Waals surface area (Å²) in [5.74, 6) is 2.99. The molecule has 7 nitrogen and oxygen atoms in total. The van der Waals surface area contributed by atoms with Gasteiger partial charge in [0.15, 0.2) is 18.2 Å². The zero-order valence-corrected chi connectivity index (χ0v) is 18.2. The van der Waals surface area contributed by atoms with Crippen LogP contribution < -0.4 is 14.2 Å². The zero-order chi connectivity index (χ0) is 22.6. The first kappa shape index (κ1) is 20.5. The van der Waals surface area contributed by atoms with E-state index >= 15 is 0 Å². The van der Waals surface area contributed by atoms with Gasteiger partial charge in [0.25, 0.3) is 0 Å². The maximum Gasteiger partial charge on any atom is 0.225 e. The molecule has 0 saturated carbocycles. The molecule has 0 saturated heterocycles. The number of rotatable bonds is 7. The number of ether oxygens (including phenoxy) is 3. The summed E-state index contributed by atoms with van der Waals surface area (Å²) in [7, 11) is 3.22. The van der Waals surface area contributed by atoms with E-state index in [2.05, 4.69) is 15.1 Å². The third kappa shape index (κ3) is 4.21. The Morgan fingerprint density at radius 1 is 0.818 bits per heavy atom. The Hall–Kier alpha value is -4.39. The normalized spacial score (nSPS) is 10.8. The SMILES string of the molecule is COc1ccc(-c2cc(COc3nc(-c4ccccc4)nc4ccccc34)on2)c(OC)c1. The quantitative estimate of drug-likeness (QED) is 0.329. The molecule has 0 amide bonds. The summed E-state index contributed by atoms with van der Waals surface area (Å²) in [4.78, 5) is 9.36. The lowest BCUT2D eigenvalue weighted by molar-refractivity contribution is 0.244. The molecule has 0 radical (unpaired) electrons. The molecule has 2 aromatic heterocycles. The molecule has 5 rings (SSSR count). The van der Waals surface area contributed by atoms with Crippen molar-refractivity contribution in [2.45, 2.75) is 6.61 Å². The highest BCUT2D eigenvalue weighted by Gasteiger charge is 2.15. The first-order valence-corrected chi connectivity index (χ1v) is 10.4. The number of aromatic nitrogens is 3. The molecule has 0 aliphatic carbocycles. The lowest BCUT2D eigenvalue weighted by Gasteiger charge is -2.09. The molecule has 0 N–H and O–H groups in total. The standard InChI is InChI=1S/C26H21N3O4/c1-30-18-12-13-20(24(15-18)31-2)23-14-19(33-29-23)16-32-26-21-10-6-7-11-22(21)27-25(28-26)17-8-4-3-5-9-17/h3-15H,16H2,1-2H3. The van der Waals surface area contributed by atoms with E-state index in [9.17, 15) is 0 Å². The second-order valence-corrected chi connectivity index (χ2v) is 7.27. The highest BCUT2D eigenvalue weighted by molar-refractivity contribution is 5.85. The molecule has 0 aliphatic heterocycles. The van der Waals surface area contributed by atoms with Crippen molar-refractivity contribution in [2.24, 2.45) is 0 Å². The lowest BCUT2D eigenvalue weighted by atomic mass is 10.1. The second kappa shape index (κ2) is 9.00. The summed E-state index contributed by atoms with van der Waals surface area (Å²) in [6, 6.07) is 24.9. The van der Waals surface area contributed by atoms with Gasteiger partial charge in [0, 0.05) is 23.3 Å². The van der Waals surface area contributed by atoms with Crippen molar-refractivity contribution in [3.8, 4) is 40.0 Å². The topological polar surface area (TPSA) is 79.5 Å². The van der Waals surface area contributed by atoms with Crippen LogP contribution in [0.1, 0.15) is 5.76 Å². The fraction of sp³-hybridized carbons (Fsp3) is 0.115. The molecule has 7 heteroatoms. The molecule has 2 heterocycles. The molecule has 0 atom stereocenters. The molecule has 0 spiro atoms. The van der Waals surface area contributed by atoms with E-state index in [-0.39, 0.29) is 6.61 Å². The molecule has 33 heavy (non-hydrogen) atoms. The molecule has 0 bridgehead atoms. The Morgan fingerprint density at radius 2 is 1.64 bits per heavy atom. The van der Waals surface area contributed by atoms with Crippen LogP contribution in [0.2, 0.25) is 0 Å². The number of benzene rings is 3. The van der Waals surface area contributed by atoms with Gasteiger partial charge >= 0.3 is 0 Å². The van der Waals surface area contributed by atoms with E-state index in [0.29, 0.717) is 34.7 Å². The maximum absolute atomic E-state index is 6.07. The largest absolute Gasteiger partial charge is 0.497 e. The Morgan fingerprint density at radius 3 is 2.45 bits per heavy atom. The molecule has 3 aromatic carbocycles. The van der Waals surface area contributed by atoms with Crippen LogP contribution in [0.5, 0.6) is 17.4 Å². The average molecular weight is 439 g/mol. The monoisotopic (exact) mass is 439 g/mol. The molecule has 0 fully saturated rings. The predicted octanol–water partition coefficient (Wildman–Crippen LogP) is 5.55. The summed E-state index contributed by atoms with van der Waals surface area (Å²) in [6.45, 7) is 0.167.